The van der Waals surface area contributed by atoms with Gasteiger partial charge in [0.25, 0.3) is 0 Å². The first-order valence-electron chi connectivity index (χ1n) is 46.0. The summed E-state index contributed by atoms with van der Waals surface area (Å²) in [7, 11) is 0. The quantitative estimate of drug-likeness (QED) is 0.00845. The van der Waals surface area contributed by atoms with Gasteiger partial charge in [0, 0.05) is 80.8 Å². The molecule has 1 aliphatic rings. The van der Waals surface area contributed by atoms with Gasteiger partial charge >= 0.3 is 11.9 Å². The Balaban J connectivity index is 1.12. The molecular weight excluding hydrogens is 2000 g/mol. The van der Waals surface area contributed by atoms with Crippen molar-refractivity contribution in [2.24, 2.45) is 23.3 Å². The molecule has 0 unspecified atom stereocenters. The molecule has 1 saturated heterocycles. The molecule has 812 valence electrons. The first-order valence-corrected chi connectivity index (χ1v) is 47.9. The zero-order valence-electron chi connectivity index (χ0n) is 81.0. The van der Waals surface area contributed by atoms with E-state index in [2.05, 4.69) is 184 Å². The Kier molecular flexibility index (Phi) is 52.0. The van der Waals surface area contributed by atoms with Crippen LogP contribution in [0.1, 0.15) is 110 Å². The molecule has 5 heterocycles. The summed E-state index contributed by atoms with van der Waals surface area (Å²) in [5.41, 5.74) is 12.1. The van der Waals surface area contributed by atoms with Crippen LogP contribution in [0, 0.1) is 17.2 Å². The van der Waals surface area contributed by atoms with Gasteiger partial charge < -0.3 is 173 Å². The van der Waals surface area contributed by atoms with E-state index in [4.69, 9.17) is 16.9 Å². The molecular formula is C84H130N32O28S3. The Morgan fingerprint density at radius 1 is 0.408 bits per heavy atom. The van der Waals surface area contributed by atoms with Crippen molar-refractivity contribution in [1.29, 1.82) is 5.41 Å². The van der Waals surface area contributed by atoms with Crippen LogP contribution in [0.4, 0.5) is 0 Å². The Labute approximate surface area is 855 Å². The highest BCUT2D eigenvalue weighted by atomic mass is 32.1. The van der Waals surface area contributed by atoms with Crippen molar-refractivity contribution in [3.63, 3.8) is 0 Å². The summed E-state index contributed by atoms with van der Waals surface area (Å²) in [6, 6.07) is -27.4. The number of hydrogen-bond acceptors (Lipinski definition) is 35. The number of amides is 20. The van der Waals surface area contributed by atoms with Crippen molar-refractivity contribution < 1.29 is 136 Å². The number of carbonyl (C=O) groups excluding carboxylic acids is 20. The highest BCUT2D eigenvalue weighted by molar-refractivity contribution is 7.80. The number of guanidine groups is 1. The molecule has 19 atom stereocenters. The summed E-state index contributed by atoms with van der Waals surface area (Å²) in [5, 5.41) is 116. The molecule has 1 fully saturated rings. The van der Waals surface area contributed by atoms with Gasteiger partial charge in [0.15, 0.2) is 5.96 Å². The first kappa shape index (κ1) is 123. The number of aliphatic carboxylic acids is 2. The first-order chi connectivity index (χ1) is 69.5. The van der Waals surface area contributed by atoms with Crippen molar-refractivity contribution in [1.82, 2.24) is 151 Å². The number of nitrogens with zero attached hydrogens (tertiary/aromatic N) is 5. The number of thiol groups is 3. The van der Waals surface area contributed by atoms with Gasteiger partial charge in [-0.2, -0.15) is 37.9 Å². The number of aliphatic hydroxyl groups is 4. The zero-order valence-corrected chi connectivity index (χ0v) is 83.7. The number of rotatable bonds is 64. The molecule has 5 rings (SSSR count). The number of carboxylic acid groups (broad SMARTS) is 2. The summed E-state index contributed by atoms with van der Waals surface area (Å²) in [4.78, 5) is 326. The fraction of sp³-hybridized carbons (Fsp3) is 0.583. The number of likely N-dealkylation sites (tertiary alicyclic amines) is 1. The van der Waals surface area contributed by atoms with E-state index in [1.54, 1.807) is 13.8 Å². The van der Waals surface area contributed by atoms with E-state index in [0.29, 0.717) is 5.69 Å². The number of imidazole rings is 4. The van der Waals surface area contributed by atoms with Gasteiger partial charge in [0.05, 0.1) is 112 Å². The second-order valence-corrected chi connectivity index (χ2v) is 35.6. The fourth-order valence-corrected chi connectivity index (χ4v) is 14.8. The average molecular weight is 2130 g/mol. The van der Waals surface area contributed by atoms with Gasteiger partial charge in [-0.15, -0.1) is 0 Å². The van der Waals surface area contributed by atoms with Crippen LogP contribution in [0.25, 0.3) is 0 Å². The largest absolute Gasteiger partial charge is 0.481 e. The van der Waals surface area contributed by atoms with Crippen LogP contribution in [0.3, 0.4) is 0 Å². The zero-order chi connectivity index (χ0) is 110. The van der Waals surface area contributed by atoms with Crippen molar-refractivity contribution in [3.05, 3.63) is 72.9 Å². The van der Waals surface area contributed by atoms with Gasteiger partial charge in [-0.3, -0.25) is 106 Å². The predicted octanol–water partition coefficient (Wildman–Crippen LogP) is -15.0. The van der Waals surface area contributed by atoms with E-state index in [0.717, 1.165) is 18.7 Å². The van der Waals surface area contributed by atoms with E-state index in [1.165, 1.54) is 70.9 Å². The van der Waals surface area contributed by atoms with Crippen molar-refractivity contribution in [2.45, 2.75) is 228 Å². The molecule has 0 aliphatic carbocycles. The van der Waals surface area contributed by atoms with Crippen molar-refractivity contribution in [2.75, 3.05) is 69.7 Å². The van der Waals surface area contributed by atoms with Crippen LogP contribution in [-0.4, -0.2) is 396 Å². The Hall–Kier alpha value is -14.7. The molecule has 35 N–H and O–H groups in total. The molecule has 4 aromatic heterocycles. The van der Waals surface area contributed by atoms with Crippen LogP contribution in [0.2, 0.25) is 0 Å². The summed E-state index contributed by atoms with van der Waals surface area (Å²) in [5.74, 6) is -27.2. The Morgan fingerprint density at radius 3 is 1.18 bits per heavy atom. The third kappa shape index (κ3) is 42.1. The van der Waals surface area contributed by atoms with Gasteiger partial charge in [0.1, 0.15) is 96.7 Å². The molecule has 147 heavy (non-hydrogen) atoms. The monoisotopic (exact) mass is 2130 g/mol. The van der Waals surface area contributed by atoms with Crippen molar-refractivity contribution >= 4 is 174 Å². The molecule has 0 aromatic carbocycles. The topological polar surface area (TPSA) is 931 Å². The van der Waals surface area contributed by atoms with Crippen molar-refractivity contribution in [3.8, 4) is 0 Å². The fourth-order valence-electron chi connectivity index (χ4n) is 14.0. The number of nitrogens with two attached hydrogens (primary N) is 2. The SMILES string of the molecule is CC(C)C[C@H](NC(=O)[C@H](CS)NC(=O)[C@H](CO)NC(=O)[C@H](CC(=O)O)NC(=O)[C@@H](NC(=O)[C@@H](NC(=O)[C@H](CS)NC(=O)[C@H](C)N)[C@@H](C)O)C(C)C)C(=O)N[C@H](C(=O)N[C@@H](CS)C(=O)NCC(=O)NCC(=O)NCC(=O)NCC(=O)N[C@@H](CCCNC(=N)N)C(=O)N[C@@H](CO)C(=O)N1CCC[C@H]1C(=O)N[C@@H](Cc1c[nH]cn1)C(=O)N[C@@H](Cc1c[nH]cn1)C(=O)N[C@@H](Cc1c[nH]cn1)C(=O)N[C@@H](Cc1c[nH]cn1)C(=O)O)[C@@H](C)O. The summed E-state index contributed by atoms with van der Waals surface area (Å²) >= 11 is 12.3. The number of carboxylic acids is 2. The summed E-state index contributed by atoms with van der Waals surface area (Å²) in [6.07, 6.45) is 5.04. The Bertz CT molecular complexity index is 5140. The van der Waals surface area contributed by atoms with Gasteiger partial charge in [-0.05, 0) is 64.7 Å². The molecule has 0 radical (unpaired) electrons. The minimum Gasteiger partial charge on any atom is -0.481 e. The van der Waals surface area contributed by atoms with E-state index in [9.17, 15) is 136 Å². The maximum absolute atomic E-state index is 14.6. The van der Waals surface area contributed by atoms with Crippen LogP contribution >= 0.6 is 37.9 Å². The minimum atomic E-state index is -2.04. The number of nitrogens with one attached hydrogen (secondary N) is 25. The number of H-pyrrole nitrogens is 4. The van der Waals surface area contributed by atoms with E-state index in [-0.39, 0.29) is 93.7 Å². The lowest BCUT2D eigenvalue weighted by atomic mass is 10.0. The molecule has 1 aliphatic heterocycles. The third-order valence-electron chi connectivity index (χ3n) is 21.8. The molecule has 0 saturated carbocycles. The number of aliphatic hydroxyl groups excluding tert-OH is 4. The lowest BCUT2D eigenvalue weighted by Gasteiger charge is -2.30. The van der Waals surface area contributed by atoms with Crippen LogP contribution in [-0.2, 0) is 131 Å². The molecule has 4 aromatic rings. The van der Waals surface area contributed by atoms with Gasteiger partial charge in [-0.25, -0.2) is 24.7 Å². The summed E-state index contributed by atoms with van der Waals surface area (Å²) in [6.45, 7) is 3.88. The van der Waals surface area contributed by atoms with E-state index >= 15 is 0 Å². The second kappa shape index (κ2) is 62.2. The highest BCUT2D eigenvalue weighted by Crippen LogP contribution is 2.21. The standard InChI is InChI=1S/C84H130N32O28S3/c1-37(2)14-47(102-76(136)56(31-146)111-75(135)53(28-117)108-73(133)51(19-63(125)126)106-79(139)64(38(3)4)113-81(141)66(41(7)120)115-77(137)57(32-147)110-67(127)39(5)85)74(134)114-65(40(6)119)80(140)112-55(30-145)68(128)96-26-61(123)94-24-59(121)93-25-60(122)95-27-62(124)101-46(10-8-12-92-84(86)87)69(129)109-54(29-118)82(142)116-13-9-11-58(116)78(138)105-50(17-44-22-90-35-99-44)71(131)103-48(15-42-20-88-33-97-42)70(130)104-49(16-43-21-89-34-98-43)72(132)107-52(83(143)144)18-45-23-91-36-100-45/h20-23,33-41,46-58,64-66,117-120,145-147H,8-19,24-32,85H2,1-7H3,(H,88,97)(H,89,98)(H,90,99)(H,91,100)(H,93,121)(H,94,123)(H,95,122)(H,96,128)(H,101,124)(H,102,136)(H,103,131)(H,104,130)(H,105,138)(H,106,139)(H,107,132)(H,108,133)(H,109,129)(H,110,127)(H,111,135)(H,112,140)(H,113,141)(H,114,134)(H,115,137)(H,125,126)(H,143,144)(H4,86,87,92)/t39-,40+,41+,46-,47-,48-,49-,50-,51-,52-,53-,54-,55-,56-,57-,58-,64-,65-,66-/m0/s1. The average Bonchev–Trinajstić information content (AvgIpc) is 1.68. The maximum atomic E-state index is 14.6. The lowest BCUT2D eigenvalue weighted by molar-refractivity contribution is -0.143. The van der Waals surface area contributed by atoms with Crippen LogP contribution in [0.15, 0.2) is 50.1 Å². The van der Waals surface area contributed by atoms with Crippen LogP contribution in [0.5, 0.6) is 0 Å². The minimum absolute atomic E-state index is 0.0134. The molecule has 60 nitrogen and oxygen atoms in total. The smallest absolute Gasteiger partial charge is 0.326 e. The third-order valence-corrected chi connectivity index (χ3v) is 22.9. The normalized spacial score (nSPS) is 15.8. The molecule has 0 bridgehead atoms. The predicted molar refractivity (Wildman–Crippen MR) is 521 cm³/mol. The number of aromatic amines is 4. The highest BCUT2D eigenvalue weighted by Gasteiger charge is 2.44. The molecule has 0 spiro atoms. The molecule has 20 amide bonds. The summed E-state index contributed by atoms with van der Waals surface area (Å²) < 4.78 is 0. The van der Waals surface area contributed by atoms with E-state index < -0.39 is 320 Å². The Morgan fingerprint density at radius 2 is 0.755 bits per heavy atom. The maximum Gasteiger partial charge on any atom is 0.326 e. The second-order valence-electron chi connectivity index (χ2n) is 34.5. The molecule has 63 heteroatoms. The van der Waals surface area contributed by atoms with E-state index in [1.807, 2.05) is 0 Å². The number of aromatic nitrogens is 8. The lowest BCUT2D eigenvalue weighted by Crippen LogP contribution is -2.63. The van der Waals surface area contributed by atoms with Gasteiger partial charge in [0.2, 0.25) is 118 Å². The van der Waals surface area contributed by atoms with Gasteiger partial charge in [-0.1, -0.05) is 27.7 Å². The number of hydrogen-bond donors (Lipinski definition) is 36. The number of carbonyl (C=O) groups is 22. The van der Waals surface area contributed by atoms with Crippen LogP contribution < -0.4 is 118 Å².